The minimum Gasteiger partial charge on any atom is -0.338 e. The lowest BCUT2D eigenvalue weighted by molar-refractivity contribution is 0.189. The van der Waals surface area contributed by atoms with Crippen LogP contribution in [0.5, 0.6) is 0 Å². The van der Waals surface area contributed by atoms with E-state index in [1.807, 2.05) is 6.20 Å². The molecule has 1 aromatic heterocycles. The largest absolute Gasteiger partial charge is 0.338 e. The van der Waals surface area contributed by atoms with E-state index in [-0.39, 0.29) is 0 Å². The highest BCUT2D eigenvalue weighted by atomic mass is 15.0. The lowest BCUT2D eigenvalue weighted by Gasteiger charge is -2.36. The van der Waals surface area contributed by atoms with E-state index in [1.165, 1.54) is 50.9 Å². The Morgan fingerprint density at radius 3 is 2.85 bits per heavy atom. The average Bonchev–Trinajstić information content (AvgIpc) is 2.88. The number of nitrogens with one attached hydrogen (secondary N) is 1. The van der Waals surface area contributed by atoms with Crippen molar-refractivity contribution in [3.63, 3.8) is 0 Å². The summed E-state index contributed by atoms with van der Waals surface area (Å²) in [5, 5.41) is 3.78. The first-order valence-electron chi connectivity index (χ1n) is 8.44. The Bertz CT molecular complexity index is 385. The molecular weight excluding hydrogens is 246 g/mol. The number of hydrogen-bond donors (Lipinski definition) is 1. The zero-order valence-electron chi connectivity index (χ0n) is 13.4. The van der Waals surface area contributed by atoms with Gasteiger partial charge in [0.05, 0.1) is 0 Å². The highest BCUT2D eigenvalue weighted by molar-refractivity contribution is 4.93. The molecule has 0 spiro atoms. The summed E-state index contributed by atoms with van der Waals surface area (Å²) in [4.78, 5) is 4.47. The molecule has 1 heterocycles. The fourth-order valence-corrected chi connectivity index (χ4v) is 3.60. The van der Waals surface area contributed by atoms with Gasteiger partial charge in [0.2, 0.25) is 0 Å². The van der Waals surface area contributed by atoms with Crippen molar-refractivity contribution in [2.24, 2.45) is 18.9 Å². The number of rotatable bonds is 7. The topological polar surface area (TPSA) is 29.9 Å². The van der Waals surface area contributed by atoms with Crippen molar-refractivity contribution < 1.29 is 0 Å². The first kappa shape index (κ1) is 15.6. The van der Waals surface area contributed by atoms with E-state index in [0.717, 1.165) is 24.3 Å². The molecule has 0 bridgehead atoms. The van der Waals surface area contributed by atoms with Gasteiger partial charge in [0.1, 0.15) is 5.82 Å². The van der Waals surface area contributed by atoms with Crippen LogP contribution in [-0.4, -0.2) is 22.1 Å². The van der Waals surface area contributed by atoms with Crippen molar-refractivity contribution in [1.82, 2.24) is 14.9 Å². The molecule has 0 amide bonds. The molecule has 114 valence electrons. The molecule has 3 nitrogen and oxygen atoms in total. The molecule has 20 heavy (non-hydrogen) atoms. The Balaban J connectivity index is 1.90. The van der Waals surface area contributed by atoms with Crippen LogP contribution in [0.2, 0.25) is 0 Å². The van der Waals surface area contributed by atoms with Crippen LogP contribution in [0.3, 0.4) is 0 Å². The normalized spacial score (nSPS) is 26.9. The number of aromatic nitrogens is 2. The number of aryl methyl sites for hydroxylation is 2. The average molecular weight is 277 g/mol. The Kier molecular flexibility index (Phi) is 6.08. The van der Waals surface area contributed by atoms with Gasteiger partial charge in [-0.2, -0.15) is 0 Å². The molecule has 2 rings (SSSR count). The van der Waals surface area contributed by atoms with E-state index < -0.39 is 0 Å². The molecule has 3 unspecified atom stereocenters. The van der Waals surface area contributed by atoms with Gasteiger partial charge in [0, 0.05) is 31.9 Å². The molecule has 0 saturated heterocycles. The third-order valence-electron chi connectivity index (χ3n) is 4.98. The van der Waals surface area contributed by atoms with Gasteiger partial charge in [-0.25, -0.2) is 4.98 Å². The zero-order chi connectivity index (χ0) is 14.4. The minimum atomic E-state index is 0.734. The number of nitrogens with zero attached hydrogens (tertiary/aromatic N) is 2. The first-order chi connectivity index (χ1) is 9.74. The smallest absolute Gasteiger partial charge is 0.108 e. The van der Waals surface area contributed by atoms with Crippen molar-refractivity contribution in [2.45, 2.75) is 64.8 Å². The van der Waals surface area contributed by atoms with E-state index in [2.05, 4.69) is 42.0 Å². The Hall–Kier alpha value is -0.830. The molecule has 1 aliphatic carbocycles. The number of hydrogen-bond acceptors (Lipinski definition) is 2. The lowest BCUT2D eigenvalue weighted by atomic mass is 9.75. The highest BCUT2D eigenvalue weighted by Gasteiger charge is 2.29. The van der Waals surface area contributed by atoms with Crippen LogP contribution in [-0.2, 0) is 13.5 Å². The van der Waals surface area contributed by atoms with Crippen molar-refractivity contribution in [3.8, 4) is 0 Å². The summed E-state index contributed by atoms with van der Waals surface area (Å²) in [5.74, 6) is 3.01. The van der Waals surface area contributed by atoms with Crippen molar-refractivity contribution in [2.75, 3.05) is 6.54 Å². The van der Waals surface area contributed by atoms with E-state index >= 15 is 0 Å². The van der Waals surface area contributed by atoms with Gasteiger partial charge in [0.15, 0.2) is 0 Å². The summed E-state index contributed by atoms with van der Waals surface area (Å²) < 4.78 is 2.16. The van der Waals surface area contributed by atoms with Gasteiger partial charge in [-0.05, 0) is 50.5 Å². The highest BCUT2D eigenvalue weighted by Crippen LogP contribution is 2.33. The molecule has 0 aromatic carbocycles. The SMILES string of the molecule is CCCNC1CCC(CC)CC1CCc1nccn1C. The fraction of sp³-hybridized carbons (Fsp3) is 0.824. The summed E-state index contributed by atoms with van der Waals surface area (Å²) in [6.45, 7) is 5.77. The maximum atomic E-state index is 4.47. The second-order valence-corrected chi connectivity index (χ2v) is 6.40. The molecule has 0 radical (unpaired) electrons. The van der Waals surface area contributed by atoms with Crippen LogP contribution in [0.25, 0.3) is 0 Å². The van der Waals surface area contributed by atoms with Crippen LogP contribution >= 0.6 is 0 Å². The zero-order valence-corrected chi connectivity index (χ0v) is 13.4. The molecule has 1 aliphatic rings. The maximum absolute atomic E-state index is 4.47. The Morgan fingerprint density at radius 1 is 1.35 bits per heavy atom. The molecule has 1 N–H and O–H groups in total. The second kappa shape index (κ2) is 7.82. The summed E-state index contributed by atoms with van der Waals surface area (Å²) in [6.07, 6.45) is 13.1. The maximum Gasteiger partial charge on any atom is 0.108 e. The fourth-order valence-electron chi connectivity index (χ4n) is 3.60. The lowest BCUT2D eigenvalue weighted by Crippen LogP contribution is -2.41. The Labute approximate surface area is 124 Å². The van der Waals surface area contributed by atoms with Crippen LogP contribution in [0, 0.1) is 11.8 Å². The predicted molar refractivity (Wildman–Crippen MR) is 84.7 cm³/mol. The first-order valence-corrected chi connectivity index (χ1v) is 8.44. The second-order valence-electron chi connectivity index (χ2n) is 6.40. The van der Waals surface area contributed by atoms with Crippen LogP contribution in [0.15, 0.2) is 12.4 Å². The predicted octanol–water partition coefficient (Wildman–Crippen LogP) is 3.55. The van der Waals surface area contributed by atoms with E-state index in [1.54, 1.807) is 0 Å². The summed E-state index contributed by atoms with van der Waals surface area (Å²) in [7, 11) is 2.10. The van der Waals surface area contributed by atoms with Gasteiger partial charge >= 0.3 is 0 Å². The van der Waals surface area contributed by atoms with Gasteiger partial charge in [0.25, 0.3) is 0 Å². The molecule has 3 atom stereocenters. The Morgan fingerprint density at radius 2 is 2.20 bits per heavy atom. The summed E-state index contributed by atoms with van der Waals surface area (Å²) in [6, 6.07) is 0.734. The quantitative estimate of drug-likeness (QED) is 0.826. The molecular formula is C17H31N3. The van der Waals surface area contributed by atoms with Crippen LogP contribution in [0.1, 0.15) is 58.2 Å². The molecule has 0 aliphatic heterocycles. The van der Waals surface area contributed by atoms with Gasteiger partial charge < -0.3 is 9.88 Å². The van der Waals surface area contributed by atoms with Crippen LogP contribution < -0.4 is 5.32 Å². The molecule has 3 heteroatoms. The molecule has 1 saturated carbocycles. The number of imidazole rings is 1. The van der Waals surface area contributed by atoms with Crippen molar-refractivity contribution in [3.05, 3.63) is 18.2 Å². The third kappa shape index (κ3) is 4.08. The minimum absolute atomic E-state index is 0.734. The van der Waals surface area contributed by atoms with Crippen LogP contribution in [0.4, 0.5) is 0 Å². The van der Waals surface area contributed by atoms with Crippen molar-refractivity contribution >= 4 is 0 Å². The van der Waals surface area contributed by atoms with Gasteiger partial charge in [-0.1, -0.05) is 20.3 Å². The van der Waals surface area contributed by atoms with E-state index in [0.29, 0.717) is 0 Å². The van der Waals surface area contributed by atoms with Crippen molar-refractivity contribution in [1.29, 1.82) is 0 Å². The molecule has 1 fully saturated rings. The summed E-state index contributed by atoms with van der Waals surface area (Å²) in [5.41, 5.74) is 0. The van der Waals surface area contributed by atoms with E-state index in [4.69, 9.17) is 0 Å². The standard InChI is InChI=1S/C17H31N3/c1-4-10-18-16-8-6-14(5-2)13-15(16)7-9-17-19-11-12-20(17)3/h11-12,14-16,18H,4-10,13H2,1-3H3. The van der Waals surface area contributed by atoms with Gasteiger partial charge in [-0.15, -0.1) is 0 Å². The monoisotopic (exact) mass is 277 g/mol. The van der Waals surface area contributed by atoms with E-state index in [9.17, 15) is 0 Å². The molecule has 1 aromatic rings. The van der Waals surface area contributed by atoms with Gasteiger partial charge in [-0.3, -0.25) is 0 Å². The summed E-state index contributed by atoms with van der Waals surface area (Å²) >= 11 is 0. The third-order valence-corrected chi connectivity index (χ3v) is 4.98.